The van der Waals surface area contributed by atoms with Gasteiger partial charge in [0.1, 0.15) is 10.7 Å². The number of nitrogens with one attached hydrogen (secondary N) is 1. The van der Waals surface area contributed by atoms with E-state index in [1.165, 1.54) is 11.5 Å². The first-order chi connectivity index (χ1) is 8.72. The van der Waals surface area contributed by atoms with Gasteiger partial charge in [0.15, 0.2) is 0 Å². The van der Waals surface area contributed by atoms with Crippen LogP contribution in [0.2, 0.25) is 0 Å². The number of likely N-dealkylation sites (N-methyl/N-ethyl adjacent to an activating group) is 1. The molecule has 0 amide bonds. The Bertz CT molecular complexity index is 371. The Labute approximate surface area is 113 Å². The summed E-state index contributed by atoms with van der Waals surface area (Å²) in [6.45, 7) is 6.98. The molecular formula is C12H22N4OS. The van der Waals surface area contributed by atoms with Crippen molar-refractivity contribution >= 4 is 16.5 Å². The van der Waals surface area contributed by atoms with E-state index < -0.39 is 0 Å². The molecule has 0 spiro atoms. The zero-order chi connectivity index (χ0) is 13.0. The Morgan fingerprint density at radius 2 is 2.39 bits per heavy atom. The van der Waals surface area contributed by atoms with Gasteiger partial charge in [-0.25, -0.2) is 0 Å². The second kappa shape index (κ2) is 6.45. The molecule has 0 bridgehead atoms. The van der Waals surface area contributed by atoms with Crippen LogP contribution < -0.4 is 5.32 Å². The first-order valence-corrected chi connectivity index (χ1v) is 7.36. The van der Waals surface area contributed by atoms with Crippen molar-refractivity contribution in [2.24, 2.45) is 0 Å². The maximum Gasteiger partial charge on any atom is 0.134 e. The Balaban J connectivity index is 1.94. The van der Waals surface area contributed by atoms with E-state index in [1.54, 1.807) is 0 Å². The van der Waals surface area contributed by atoms with Crippen LogP contribution in [0.3, 0.4) is 0 Å². The summed E-state index contributed by atoms with van der Waals surface area (Å²) >= 11 is 1.44. The minimum Gasteiger partial charge on any atom is -0.377 e. The number of aromatic nitrogens is 2. The number of hydrogen-bond acceptors (Lipinski definition) is 6. The summed E-state index contributed by atoms with van der Waals surface area (Å²) in [4.78, 5) is 2.32. The van der Waals surface area contributed by atoms with Gasteiger partial charge in [0, 0.05) is 37.3 Å². The third-order valence-corrected chi connectivity index (χ3v) is 4.12. The van der Waals surface area contributed by atoms with Crippen LogP contribution in [0.15, 0.2) is 0 Å². The lowest BCUT2D eigenvalue weighted by Crippen LogP contribution is -2.36. The van der Waals surface area contributed by atoms with E-state index >= 15 is 0 Å². The summed E-state index contributed by atoms with van der Waals surface area (Å²) in [5.41, 5.74) is 1.05. The molecule has 0 radical (unpaired) electrons. The van der Waals surface area contributed by atoms with Gasteiger partial charge in [0.25, 0.3) is 0 Å². The maximum atomic E-state index is 5.61. The molecule has 18 heavy (non-hydrogen) atoms. The molecule has 102 valence electrons. The molecule has 0 saturated carbocycles. The monoisotopic (exact) mass is 270 g/mol. The number of nitrogens with zero attached hydrogens (tertiary/aromatic N) is 3. The normalized spacial score (nSPS) is 23.8. The third kappa shape index (κ3) is 3.18. The van der Waals surface area contributed by atoms with Crippen molar-refractivity contribution < 1.29 is 4.74 Å². The van der Waals surface area contributed by atoms with Gasteiger partial charge in [0.2, 0.25) is 0 Å². The van der Waals surface area contributed by atoms with Crippen molar-refractivity contribution in [1.82, 2.24) is 14.5 Å². The zero-order valence-corrected chi connectivity index (χ0v) is 12.2. The molecule has 1 aliphatic rings. The average molecular weight is 270 g/mol. The predicted octanol–water partition coefficient (Wildman–Crippen LogP) is 1.97. The lowest BCUT2D eigenvalue weighted by Gasteiger charge is -2.25. The van der Waals surface area contributed by atoms with Gasteiger partial charge in [-0.2, -0.15) is 0 Å². The largest absolute Gasteiger partial charge is 0.377 e. The van der Waals surface area contributed by atoms with Crippen molar-refractivity contribution in [1.29, 1.82) is 0 Å². The molecule has 0 aliphatic carbocycles. The average Bonchev–Trinajstić information content (AvgIpc) is 2.95. The van der Waals surface area contributed by atoms with E-state index in [9.17, 15) is 0 Å². The predicted molar refractivity (Wildman–Crippen MR) is 74.0 cm³/mol. The highest BCUT2D eigenvalue weighted by atomic mass is 32.1. The number of hydrogen-bond donors (Lipinski definition) is 1. The van der Waals surface area contributed by atoms with Crippen LogP contribution in [0.4, 0.5) is 5.00 Å². The van der Waals surface area contributed by atoms with E-state index in [4.69, 9.17) is 4.74 Å². The summed E-state index contributed by atoms with van der Waals surface area (Å²) in [6.07, 6.45) is 2.53. The Morgan fingerprint density at radius 3 is 3.06 bits per heavy atom. The van der Waals surface area contributed by atoms with E-state index in [1.807, 2.05) is 0 Å². The Hall–Kier alpha value is -0.720. The van der Waals surface area contributed by atoms with Crippen molar-refractivity contribution in [2.75, 3.05) is 25.5 Å². The zero-order valence-electron chi connectivity index (χ0n) is 11.3. The molecule has 1 aromatic rings. The molecule has 2 heterocycles. The topological polar surface area (TPSA) is 50.3 Å². The fraction of sp³-hybridized carbons (Fsp3) is 0.833. The Morgan fingerprint density at radius 1 is 1.56 bits per heavy atom. The van der Waals surface area contributed by atoms with Crippen LogP contribution in [-0.2, 0) is 11.3 Å². The SMILES string of the molecule is CCCNc1snnc1CN(C)C1CCOC1C. The highest BCUT2D eigenvalue weighted by Gasteiger charge is 2.28. The van der Waals surface area contributed by atoms with Gasteiger partial charge < -0.3 is 10.1 Å². The number of anilines is 1. The first-order valence-electron chi connectivity index (χ1n) is 6.59. The molecule has 2 unspecified atom stereocenters. The van der Waals surface area contributed by atoms with Gasteiger partial charge >= 0.3 is 0 Å². The molecule has 1 aromatic heterocycles. The van der Waals surface area contributed by atoms with Gasteiger partial charge in [0.05, 0.1) is 6.10 Å². The molecule has 1 N–H and O–H groups in total. The molecule has 1 saturated heterocycles. The molecular weight excluding hydrogens is 248 g/mol. The van der Waals surface area contributed by atoms with Crippen molar-refractivity contribution in [3.63, 3.8) is 0 Å². The summed E-state index contributed by atoms with van der Waals surface area (Å²) < 4.78 is 9.66. The van der Waals surface area contributed by atoms with Crippen molar-refractivity contribution in [3.8, 4) is 0 Å². The first kappa shape index (κ1) is 13.7. The smallest absolute Gasteiger partial charge is 0.134 e. The van der Waals surface area contributed by atoms with Crippen LogP contribution >= 0.6 is 11.5 Å². The summed E-state index contributed by atoms with van der Waals surface area (Å²) in [5, 5.41) is 8.72. The molecule has 0 aromatic carbocycles. The van der Waals surface area contributed by atoms with Gasteiger partial charge in [-0.05, 0) is 26.8 Å². The molecule has 5 nitrogen and oxygen atoms in total. The van der Waals surface area contributed by atoms with Crippen molar-refractivity contribution in [3.05, 3.63) is 5.69 Å². The molecule has 1 aliphatic heterocycles. The minimum atomic E-state index is 0.314. The minimum absolute atomic E-state index is 0.314. The van der Waals surface area contributed by atoms with Gasteiger partial charge in [-0.1, -0.05) is 11.4 Å². The molecule has 1 fully saturated rings. The second-order valence-corrected chi connectivity index (χ2v) is 5.58. The van der Waals surface area contributed by atoms with E-state index in [-0.39, 0.29) is 0 Å². The number of rotatable bonds is 6. The standard InChI is InChI=1S/C12H22N4OS/c1-4-6-13-12-10(14-15-18-12)8-16(3)11-5-7-17-9(11)2/h9,11,13H,4-8H2,1-3H3. The maximum absolute atomic E-state index is 5.61. The highest BCUT2D eigenvalue weighted by Crippen LogP contribution is 2.23. The summed E-state index contributed by atoms with van der Waals surface area (Å²) in [7, 11) is 2.14. The fourth-order valence-corrected chi connectivity index (χ4v) is 2.94. The van der Waals surface area contributed by atoms with Gasteiger partial charge in [-0.3, -0.25) is 4.90 Å². The number of ether oxygens (including phenoxy) is 1. The summed E-state index contributed by atoms with van der Waals surface area (Å²) in [5.74, 6) is 0. The molecule has 2 atom stereocenters. The van der Waals surface area contributed by atoms with Crippen LogP contribution in [-0.4, -0.2) is 46.8 Å². The van der Waals surface area contributed by atoms with E-state index in [2.05, 4.69) is 40.7 Å². The lowest BCUT2D eigenvalue weighted by molar-refractivity contribution is 0.0811. The van der Waals surface area contributed by atoms with Crippen LogP contribution in [0, 0.1) is 0 Å². The van der Waals surface area contributed by atoms with E-state index in [0.29, 0.717) is 12.1 Å². The molecule has 6 heteroatoms. The molecule has 2 rings (SSSR count). The fourth-order valence-electron chi connectivity index (χ4n) is 2.34. The van der Waals surface area contributed by atoms with Crippen molar-refractivity contribution in [2.45, 2.75) is 45.4 Å². The van der Waals surface area contributed by atoms with Crippen LogP contribution in [0.25, 0.3) is 0 Å². The van der Waals surface area contributed by atoms with Gasteiger partial charge in [-0.15, -0.1) is 5.10 Å². The lowest BCUT2D eigenvalue weighted by atomic mass is 10.1. The third-order valence-electron chi connectivity index (χ3n) is 3.39. The highest BCUT2D eigenvalue weighted by molar-refractivity contribution is 7.10. The van der Waals surface area contributed by atoms with Crippen LogP contribution in [0.5, 0.6) is 0 Å². The quantitative estimate of drug-likeness (QED) is 0.856. The summed E-state index contributed by atoms with van der Waals surface area (Å²) in [6, 6.07) is 0.491. The second-order valence-electron chi connectivity index (χ2n) is 4.82. The Kier molecular flexibility index (Phi) is 4.91. The van der Waals surface area contributed by atoms with E-state index in [0.717, 1.165) is 43.2 Å². The van der Waals surface area contributed by atoms with Crippen LogP contribution in [0.1, 0.15) is 32.4 Å².